The van der Waals surface area contributed by atoms with Crippen molar-refractivity contribution in [1.82, 2.24) is 0 Å². The van der Waals surface area contributed by atoms with Crippen molar-refractivity contribution in [3.8, 4) is 0 Å². The van der Waals surface area contributed by atoms with Crippen LogP contribution in [-0.4, -0.2) is 22.4 Å². The van der Waals surface area contributed by atoms with Crippen molar-refractivity contribution in [2.24, 2.45) is 11.8 Å². The predicted octanol–water partition coefficient (Wildman–Crippen LogP) is 4.14. The Balaban J connectivity index is 4.30. The van der Waals surface area contributed by atoms with Gasteiger partial charge in [-0.3, -0.25) is 0 Å². The highest BCUT2D eigenvalue weighted by Crippen LogP contribution is 2.30. The average molecular weight is 258 g/mol. The molecule has 0 aromatic heterocycles. The SMILES string of the molecule is CCCCC(CC)CC(CC)CC(O)(CC)CO. The molecule has 0 aliphatic rings. The highest BCUT2D eigenvalue weighted by atomic mass is 16.3. The molecule has 2 N–H and O–H groups in total. The van der Waals surface area contributed by atoms with Crippen LogP contribution in [-0.2, 0) is 0 Å². The van der Waals surface area contributed by atoms with E-state index in [0.717, 1.165) is 18.8 Å². The van der Waals surface area contributed by atoms with Crippen LogP contribution in [0.15, 0.2) is 0 Å². The summed E-state index contributed by atoms with van der Waals surface area (Å²) in [5.41, 5.74) is -0.857. The number of hydrogen-bond acceptors (Lipinski definition) is 2. The molecule has 3 atom stereocenters. The zero-order chi connectivity index (χ0) is 14.0. The van der Waals surface area contributed by atoms with Gasteiger partial charge in [-0.1, -0.05) is 59.8 Å². The molecule has 2 nitrogen and oxygen atoms in total. The van der Waals surface area contributed by atoms with Crippen molar-refractivity contribution in [3.05, 3.63) is 0 Å². The maximum atomic E-state index is 10.2. The molecule has 110 valence electrons. The highest BCUT2D eigenvalue weighted by molar-refractivity contribution is 4.80. The minimum Gasteiger partial charge on any atom is -0.393 e. The summed E-state index contributed by atoms with van der Waals surface area (Å²) in [6, 6.07) is 0. The molecule has 0 amide bonds. The largest absolute Gasteiger partial charge is 0.393 e. The van der Waals surface area contributed by atoms with E-state index in [4.69, 9.17) is 0 Å². The van der Waals surface area contributed by atoms with Gasteiger partial charge >= 0.3 is 0 Å². The molecular weight excluding hydrogens is 224 g/mol. The van der Waals surface area contributed by atoms with Crippen LogP contribution < -0.4 is 0 Å². The Hall–Kier alpha value is -0.0800. The first-order valence-corrected chi connectivity index (χ1v) is 7.88. The van der Waals surface area contributed by atoms with Crippen LogP contribution in [0.25, 0.3) is 0 Å². The van der Waals surface area contributed by atoms with Crippen LogP contribution in [0.3, 0.4) is 0 Å². The lowest BCUT2D eigenvalue weighted by Crippen LogP contribution is -2.35. The minimum absolute atomic E-state index is 0.105. The monoisotopic (exact) mass is 258 g/mol. The lowest BCUT2D eigenvalue weighted by atomic mass is 9.80. The summed E-state index contributed by atoms with van der Waals surface area (Å²) in [5, 5.41) is 19.6. The Morgan fingerprint density at radius 3 is 2.00 bits per heavy atom. The van der Waals surface area contributed by atoms with Gasteiger partial charge in [-0.2, -0.15) is 0 Å². The summed E-state index contributed by atoms with van der Waals surface area (Å²) in [4.78, 5) is 0. The third kappa shape index (κ3) is 6.75. The van der Waals surface area contributed by atoms with E-state index < -0.39 is 5.60 Å². The Kier molecular flexibility index (Phi) is 9.76. The summed E-state index contributed by atoms with van der Waals surface area (Å²) >= 11 is 0. The zero-order valence-electron chi connectivity index (χ0n) is 12.9. The van der Waals surface area contributed by atoms with Crippen molar-refractivity contribution in [1.29, 1.82) is 0 Å². The maximum Gasteiger partial charge on any atom is 0.0877 e. The second-order valence-corrected chi connectivity index (χ2v) is 5.87. The number of aliphatic hydroxyl groups is 2. The van der Waals surface area contributed by atoms with Crippen LogP contribution >= 0.6 is 0 Å². The first-order chi connectivity index (χ1) is 8.55. The smallest absolute Gasteiger partial charge is 0.0877 e. The number of hydrogen-bond donors (Lipinski definition) is 2. The normalized spacial score (nSPS) is 18.3. The first kappa shape index (κ1) is 17.9. The average Bonchev–Trinajstić information content (AvgIpc) is 2.41. The van der Waals surface area contributed by atoms with E-state index in [2.05, 4.69) is 20.8 Å². The molecule has 0 aliphatic heterocycles. The van der Waals surface area contributed by atoms with Gasteiger partial charge in [-0.15, -0.1) is 0 Å². The lowest BCUT2D eigenvalue weighted by Gasteiger charge is -2.31. The number of rotatable bonds is 11. The van der Waals surface area contributed by atoms with Gasteiger partial charge in [0.15, 0.2) is 0 Å². The van der Waals surface area contributed by atoms with Crippen LogP contribution in [0.4, 0.5) is 0 Å². The standard InChI is InChI=1S/C16H34O2/c1-5-9-10-14(6-2)11-15(7-3)12-16(18,8-4)13-17/h14-15,17-18H,5-13H2,1-4H3. The van der Waals surface area contributed by atoms with E-state index in [0.29, 0.717) is 12.3 Å². The van der Waals surface area contributed by atoms with Crippen LogP contribution in [0, 0.1) is 11.8 Å². The fourth-order valence-electron chi connectivity index (χ4n) is 2.71. The molecule has 0 heterocycles. The molecule has 2 heteroatoms. The van der Waals surface area contributed by atoms with E-state index in [-0.39, 0.29) is 6.61 Å². The quantitative estimate of drug-likeness (QED) is 0.584. The fourth-order valence-corrected chi connectivity index (χ4v) is 2.71. The van der Waals surface area contributed by atoms with E-state index in [1.165, 1.54) is 32.1 Å². The molecule has 0 saturated heterocycles. The van der Waals surface area contributed by atoms with Crippen molar-refractivity contribution in [3.63, 3.8) is 0 Å². The molecular formula is C16H34O2. The molecule has 0 bridgehead atoms. The third-order valence-corrected chi connectivity index (χ3v) is 4.41. The van der Waals surface area contributed by atoms with E-state index in [1.54, 1.807) is 0 Å². The van der Waals surface area contributed by atoms with Crippen molar-refractivity contribution in [2.45, 2.75) is 84.7 Å². The van der Waals surface area contributed by atoms with Gasteiger partial charge in [0.05, 0.1) is 12.2 Å². The maximum absolute atomic E-state index is 10.2. The minimum atomic E-state index is -0.857. The van der Waals surface area contributed by atoms with Crippen molar-refractivity contribution in [2.75, 3.05) is 6.61 Å². The second kappa shape index (κ2) is 9.80. The number of aliphatic hydroxyl groups excluding tert-OH is 1. The van der Waals surface area contributed by atoms with Crippen molar-refractivity contribution >= 4 is 0 Å². The van der Waals surface area contributed by atoms with Gasteiger partial charge in [-0.25, -0.2) is 0 Å². The van der Waals surface area contributed by atoms with Gasteiger partial charge in [0, 0.05) is 0 Å². The van der Waals surface area contributed by atoms with E-state index in [9.17, 15) is 10.2 Å². The number of unbranched alkanes of at least 4 members (excludes halogenated alkanes) is 1. The van der Waals surface area contributed by atoms with Crippen LogP contribution in [0.1, 0.15) is 79.1 Å². The van der Waals surface area contributed by atoms with Crippen LogP contribution in [0.2, 0.25) is 0 Å². The Labute approximate surface area is 114 Å². The molecule has 0 fully saturated rings. The highest BCUT2D eigenvalue weighted by Gasteiger charge is 2.28. The van der Waals surface area contributed by atoms with E-state index in [1.807, 2.05) is 6.92 Å². The molecule has 0 aliphatic carbocycles. The summed E-state index contributed by atoms with van der Waals surface area (Å²) in [7, 11) is 0. The molecule has 0 spiro atoms. The summed E-state index contributed by atoms with van der Waals surface area (Å²) in [5.74, 6) is 1.33. The van der Waals surface area contributed by atoms with Gasteiger partial charge in [0.25, 0.3) is 0 Å². The van der Waals surface area contributed by atoms with Crippen LogP contribution in [0.5, 0.6) is 0 Å². The summed E-state index contributed by atoms with van der Waals surface area (Å²) < 4.78 is 0. The summed E-state index contributed by atoms with van der Waals surface area (Å²) in [6.45, 7) is 8.56. The van der Waals surface area contributed by atoms with Crippen molar-refractivity contribution < 1.29 is 10.2 Å². The Bertz CT molecular complexity index is 188. The molecule has 0 aromatic rings. The summed E-state index contributed by atoms with van der Waals surface area (Å²) in [6.07, 6.45) is 8.83. The van der Waals surface area contributed by atoms with Gasteiger partial charge < -0.3 is 10.2 Å². The molecule has 0 radical (unpaired) electrons. The Morgan fingerprint density at radius 1 is 1.00 bits per heavy atom. The van der Waals surface area contributed by atoms with E-state index >= 15 is 0 Å². The Morgan fingerprint density at radius 2 is 1.61 bits per heavy atom. The molecule has 0 aromatic carbocycles. The third-order valence-electron chi connectivity index (χ3n) is 4.41. The first-order valence-electron chi connectivity index (χ1n) is 7.88. The van der Waals surface area contributed by atoms with Gasteiger partial charge in [0.1, 0.15) is 0 Å². The zero-order valence-corrected chi connectivity index (χ0v) is 12.9. The van der Waals surface area contributed by atoms with Gasteiger partial charge in [0.2, 0.25) is 0 Å². The predicted molar refractivity (Wildman–Crippen MR) is 78.6 cm³/mol. The molecule has 0 saturated carbocycles. The topological polar surface area (TPSA) is 40.5 Å². The second-order valence-electron chi connectivity index (χ2n) is 5.87. The van der Waals surface area contributed by atoms with Gasteiger partial charge in [-0.05, 0) is 31.1 Å². The molecule has 0 rings (SSSR count). The fraction of sp³-hybridized carbons (Fsp3) is 1.00. The lowest BCUT2D eigenvalue weighted by molar-refractivity contribution is -0.0388. The molecule has 18 heavy (non-hydrogen) atoms. The molecule has 3 unspecified atom stereocenters.